The minimum absolute atomic E-state index is 0.275. The van der Waals surface area contributed by atoms with E-state index in [1.165, 1.54) is 0 Å². The molecule has 0 amide bonds. The molecular formula is C9H13N3OS. The summed E-state index contributed by atoms with van der Waals surface area (Å²) >= 11 is 1.61. The van der Waals surface area contributed by atoms with Crippen LogP contribution in [0.3, 0.4) is 0 Å². The summed E-state index contributed by atoms with van der Waals surface area (Å²) < 4.78 is 0. The highest BCUT2D eigenvalue weighted by Gasteiger charge is 2.26. The predicted octanol–water partition coefficient (Wildman–Crippen LogP) is 0.627. The van der Waals surface area contributed by atoms with Gasteiger partial charge in [0.2, 0.25) is 0 Å². The molecule has 2 heterocycles. The lowest BCUT2D eigenvalue weighted by molar-refractivity contribution is 0.200. The Morgan fingerprint density at radius 3 is 3.00 bits per heavy atom. The molecule has 1 saturated heterocycles. The maximum Gasteiger partial charge on any atom is 0.133 e. The lowest BCUT2D eigenvalue weighted by Gasteiger charge is -2.39. The Balaban J connectivity index is 2.03. The molecule has 76 valence electrons. The summed E-state index contributed by atoms with van der Waals surface area (Å²) in [6.07, 6.45) is 3.59. The van der Waals surface area contributed by atoms with Crippen molar-refractivity contribution in [2.75, 3.05) is 30.9 Å². The largest absolute Gasteiger partial charge is 0.396 e. The van der Waals surface area contributed by atoms with E-state index in [4.69, 9.17) is 5.11 Å². The van der Waals surface area contributed by atoms with Crippen molar-refractivity contribution in [1.82, 2.24) is 9.97 Å². The van der Waals surface area contributed by atoms with Gasteiger partial charge in [-0.05, 0) is 6.26 Å². The second kappa shape index (κ2) is 4.14. The van der Waals surface area contributed by atoms with E-state index < -0.39 is 0 Å². The molecule has 0 unspecified atom stereocenters. The molecule has 0 radical (unpaired) electrons. The van der Waals surface area contributed by atoms with Crippen molar-refractivity contribution in [3.63, 3.8) is 0 Å². The molecule has 1 fully saturated rings. The molecule has 1 aromatic heterocycles. The minimum atomic E-state index is 0.275. The van der Waals surface area contributed by atoms with E-state index >= 15 is 0 Å². The van der Waals surface area contributed by atoms with Crippen molar-refractivity contribution in [1.29, 1.82) is 0 Å². The van der Waals surface area contributed by atoms with Crippen LogP contribution < -0.4 is 4.90 Å². The number of hydrogen-bond acceptors (Lipinski definition) is 5. The molecular weight excluding hydrogens is 198 g/mol. The van der Waals surface area contributed by atoms with E-state index in [1.54, 1.807) is 18.1 Å². The van der Waals surface area contributed by atoms with E-state index in [1.807, 2.05) is 12.3 Å². The third-order valence-corrected chi connectivity index (χ3v) is 3.02. The van der Waals surface area contributed by atoms with Crippen LogP contribution in [-0.2, 0) is 0 Å². The van der Waals surface area contributed by atoms with Crippen LogP contribution in [0.25, 0.3) is 0 Å². The number of thioether (sulfide) groups is 1. The Hall–Kier alpha value is -0.810. The Labute approximate surface area is 87.4 Å². The molecule has 4 nitrogen and oxygen atoms in total. The average Bonchev–Trinajstić information content (AvgIpc) is 2.17. The predicted molar refractivity (Wildman–Crippen MR) is 56.6 cm³/mol. The summed E-state index contributed by atoms with van der Waals surface area (Å²) in [5.74, 6) is 1.39. The molecule has 1 N–H and O–H groups in total. The standard InChI is InChI=1S/C9H13N3OS/c1-14-9-2-8(10-6-11-9)12-3-7(4-12)5-13/h2,6-7,13H,3-5H2,1H3. The number of aliphatic hydroxyl groups is 1. The fourth-order valence-corrected chi connectivity index (χ4v) is 1.86. The van der Waals surface area contributed by atoms with Gasteiger partial charge in [-0.3, -0.25) is 0 Å². The van der Waals surface area contributed by atoms with Crippen LogP contribution >= 0.6 is 11.8 Å². The Morgan fingerprint density at radius 2 is 2.36 bits per heavy atom. The van der Waals surface area contributed by atoms with E-state index in [2.05, 4.69) is 14.9 Å². The van der Waals surface area contributed by atoms with E-state index in [9.17, 15) is 0 Å². The number of aromatic nitrogens is 2. The van der Waals surface area contributed by atoms with E-state index in [0.717, 1.165) is 23.9 Å². The molecule has 0 spiro atoms. The molecule has 0 atom stereocenters. The van der Waals surface area contributed by atoms with E-state index in [0.29, 0.717) is 5.92 Å². The van der Waals surface area contributed by atoms with Gasteiger partial charge < -0.3 is 10.0 Å². The fourth-order valence-electron chi connectivity index (χ4n) is 1.49. The van der Waals surface area contributed by atoms with E-state index in [-0.39, 0.29) is 6.61 Å². The average molecular weight is 211 g/mol. The number of hydrogen-bond donors (Lipinski definition) is 1. The molecule has 0 saturated carbocycles. The first kappa shape index (κ1) is 9.73. The van der Waals surface area contributed by atoms with Gasteiger partial charge in [0.05, 0.1) is 0 Å². The number of aliphatic hydroxyl groups excluding tert-OH is 1. The summed E-state index contributed by atoms with van der Waals surface area (Å²) in [6.45, 7) is 2.08. The van der Waals surface area contributed by atoms with Crippen LogP contribution in [0.2, 0.25) is 0 Å². The van der Waals surface area contributed by atoms with Crippen molar-refractivity contribution >= 4 is 17.6 Å². The second-order valence-corrected chi connectivity index (χ2v) is 4.20. The lowest BCUT2D eigenvalue weighted by Crippen LogP contribution is -2.48. The molecule has 2 rings (SSSR count). The Morgan fingerprint density at radius 1 is 1.57 bits per heavy atom. The van der Waals surface area contributed by atoms with Crippen molar-refractivity contribution in [3.8, 4) is 0 Å². The highest BCUT2D eigenvalue weighted by Crippen LogP contribution is 2.24. The van der Waals surface area contributed by atoms with Gasteiger partial charge in [0.1, 0.15) is 17.2 Å². The molecule has 0 aromatic carbocycles. The van der Waals surface area contributed by atoms with Crippen LogP contribution in [0.5, 0.6) is 0 Å². The molecule has 1 aromatic rings. The molecule has 5 heteroatoms. The zero-order valence-corrected chi connectivity index (χ0v) is 8.87. The van der Waals surface area contributed by atoms with Gasteiger partial charge in [0.15, 0.2) is 0 Å². The van der Waals surface area contributed by atoms with Crippen LogP contribution in [-0.4, -0.2) is 41.0 Å². The van der Waals surface area contributed by atoms with Crippen molar-refractivity contribution in [3.05, 3.63) is 12.4 Å². The quantitative estimate of drug-likeness (QED) is 0.587. The van der Waals surface area contributed by atoms with Crippen LogP contribution in [0.4, 0.5) is 5.82 Å². The third-order valence-electron chi connectivity index (χ3n) is 2.38. The van der Waals surface area contributed by atoms with Crippen LogP contribution in [0, 0.1) is 5.92 Å². The monoisotopic (exact) mass is 211 g/mol. The van der Waals surface area contributed by atoms with Gasteiger partial charge in [-0.25, -0.2) is 9.97 Å². The Kier molecular flexibility index (Phi) is 2.88. The lowest BCUT2D eigenvalue weighted by atomic mass is 10.0. The molecule has 14 heavy (non-hydrogen) atoms. The van der Waals surface area contributed by atoms with Crippen molar-refractivity contribution < 1.29 is 5.11 Å². The summed E-state index contributed by atoms with van der Waals surface area (Å²) in [6, 6.07) is 1.98. The highest BCUT2D eigenvalue weighted by molar-refractivity contribution is 7.98. The topological polar surface area (TPSA) is 49.2 Å². The molecule has 1 aliphatic heterocycles. The van der Waals surface area contributed by atoms with Gasteiger partial charge in [-0.1, -0.05) is 0 Å². The summed E-state index contributed by atoms with van der Waals surface area (Å²) in [5, 5.41) is 9.88. The van der Waals surface area contributed by atoms with Crippen LogP contribution in [0.15, 0.2) is 17.4 Å². The van der Waals surface area contributed by atoms with Gasteiger partial charge >= 0.3 is 0 Å². The first-order valence-electron chi connectivity index (χ1n) is 4.55. The molecule has 0 bridgehead atoms. The maximum atomic E-state index is 8.89. The molecule has 1 aliphatic rings. The van der Waals surface area contributed by atoms with Gasteiger partial charge in [-0.2, -0.15) is 0 Å². The van der Waals surface area contributed by atoms with Gasteiger partial charge in [-0.15, -0.1) is 11.8 Å². The Bertz CT molecular complexity index is 315. The smallest absolute Gasteiger partial charge is 0.133 e. The minimum Gasteiger partial charge on any atom is -0.396 e. The van der Waals surface area contributed by atoms with Crippen LogP contribution in [0.1, 0.15) is 0 Å². The summed E-state index contributed by atoms with van der Waals surface area (Å²) in [5.41, 5.74) is 0. The highest BCUT2D eigenvalue weighted by atomic mass is 32.2. The maximum absolute atomic E-state index is 8.89. The zero-order chi connectivity index (χ0) is 9.97. The number of anilines is 1. The van der Waals surface area contributed by atoms with Crippen molar-refractivity contribution in [2.45, 2.75) is 5.03 Å². The SMILES string of the molecule is CSc1cc(N2CC(CO)C2)ncn1. The number of nitrogens with zero attached hydrogens (tertiary/aromatic N) is 3. The van der Waals surface area contributed by atoms with Gasteiger partial charge in [0, 0.05) is 31.7 Å². The normalized spacial score (nSPS) is 16.9. The third kappa shape index (κ3) is 1.83. The number of rotatable bonds is 3. The first-order valence-corrected chi connectivity index (χ1v) is 5.78. The fraction of sp³-hybridized carbons (Fsp3) is 0.556. The van der Waals surface area contributed by atoms with Crippen molar-refractivity contribution in [2.24, 2.45) is 5.92 Å². The molecule has 0 aliphatic carbocycles. The van der Waals surface area contributed by atoms with Gasteiger partial charge in [0.25, 0.3) is 0 Å². The zero-order valence-electron chi connectivity index (χ0n) is 8.05. The second-order valence-electron chi connectivity index (χ2n) is 3.37. The summed E-state index contributed by atoms with van der Waals surface area (Å²) in [7, 11) is 0. The summed E-state index contributed by atoms with van der Waals surface area (Å²) in [4.78, 5) is 10.5. The first-order chi connectivity index (χ1) is 6.83.